The van der Waals surface area contributed by atoms with Crippen molar-refractivity contribution in [3.8, 4) is 0 Å². The SMILES string of the molecule is CS/C(=N\N(C)C)Nc1ccccc1. The van der Waals surface area contributed by atoms with E-state index < -0.39 is 0 Å². The molecule has 1 rings (SSSR count). The molecule has 0 aliphatic heterocycles. The first-order valence-corrected chi connectivity index (χ1v) is 5.57. The average molecular weight is 209 g/mol. The molecule has 4 heteroatoms. The van der Waals surface area contributed by atoms with Crippen LogP contribution in [0.25, 0.3) is 0 Å². The average Bonchev–Trinajstić information content (AvgIpc) is 2.17. The second kappa shape index (κ2) is 5.54. The second-order valence-electron chi connectivity index (χ2n) is 2.95. The highest BCUT2D eigenvalue weighted by atomic mass is 32.2. The molecule has 0 aromatic heterocycles. The zero-order valence-electron chi connectivity index (χ0n) is 8.69. The Balaban J connectivity index is 2.67. The number of para-hydroxylation sites is 1. The van der Waals surface area contributed by atoms with Gasteiger partial charge in [0, 0.05) is 19.8 Å². The van der Waals surface area contributed by atoms with Crippen LogP contribution in [0.2, 0.25) is 0 Å². The lowest BCUT2D eigenvalue weighted by Gasteiger charge is -2.10. The Hall–Kier alpha value is -1.16. The van der Waals surface area contributed by atoms with Crippen molar-refractivity contribution >= 4 is 22.6 Å². The van der Waals surface area contributed by atoms with E-state index >= 15 is 0 Å². The summed E-state index contributed by atoms with van der Waals surface area (Å²) in [6.45, 7) is 0. The van der Waals surface area contributed by atoms with E-state index in [4.69, 9.17) is 0 Å². The van der Waals surface area contributed by atoms with Gasteiger partial charge in [-0.15, -0.1) is 0 Å². The fourth-order valence-corrected chi connectivity index (χ4v) is 1.41. The fourth-order valence-electron chi connectivity index (χ4n) is 0.943. The molecule has 0 aliphatic rings. The number of thioether (sulfide) groups is 1. The summed E-state index contributed by atoms with van der Waals surface area (Å²) in [6, 6.07) is 10.0. The molecule has 0 heterocycles. The maximum atomic E-state index is 4.29. The number of nitrogens with zero attached hydrogens (tertiary/aromatic N) is 2. The third kappa shape index (κ3) is 3.70. The maximum Gasteiger partial charge on any atom is 0.184 e. The molecule has 0 radical (unpaired) electrons. The highest BCUT2D eigenvalue weighted by molar-refractivity contribution is 8.13. The number of hydrogen-bond acceptors (Lipinski definition) is 3. The summed E-state index contributed by atoms with van der Waals surface area (Å²) in [7, 11) is 3.81. The van der Waals surface area contributed by atoms with Gasteiger partial charge in [0.05, 0.1) is 0 Å². The first-order chi connectivity index (χ1) is 6.72. The highest BCUT2D eigenvalue weighted by Crippen LogP contribution is 2.09. The van der Waals surface area contributed by atoms with Crippen LogP contribution in [0.5, 0.6) is 0 Å². The Morgan fingerprint density at radius 1 is 1.29 bits per heavy atom. The third-order valence-corrected chi connectivity index (χ3v) is 2.08. The van der Waals surface area contributed by atoms with E-state index in [1.54, 1.807) is 16.8 Å². The predicted molar refractivity (Wildman–Crippen MR) is 64.7 cm³/mol. The smallest absolute Gasteiger partial charge is 0.184 e. The molecule has 0 saturated heterocycles. The zero-order valence-corrected chi connectivity index (χ0v) is 9.51. The molecule has 0 saturated carbocycles. The molecule has 0 aliphatic carbocycles. The predicted octanol–water partition coefficient (Wildman–Crippen LogP) is 2.29. The van der Waals surface area contributed by atoms with Crippen LogP contribution < -0.4 is 5.32 Å². The number of hydrogen-bond donors (Lipinski definition) is 1. The Morgan fingerprint density at radius 3 is 2.43 bits per heavy atom. The molecule has 0 bridgehead atoms. The van der Waals surface area contributed by atoms with Gasteiger partial charge < -0.3 is 10.3 Å². The van der Waals surface area contributed by atoms with E-state index in [9.17, 15) is 0 Å². The first kappa shape index (κ1) is 10.9. The van der Waals surface area contributed by atoms with Gasteiger partial charge in [0.2, 0.25) is 0 Å². The van der Waals surface area contributed by atoms with Crippen LogP contribution in [0.1, 0.15) is 0 Å². The minimum Gasteiger partial charge on any atom is -0.333 e. The van der Waals surface area contributed by atoms with Crippen molar-refractivity contribution < 1.29 is 0 Å². The Bertz CT molecular complexity index is 295. The van der Waals surface area contributed by atoms with Crippen molar-refractivity contribution in [2.24, 2.45) is 5.10 Å². The first-order valence-electron chi connectivity index (χ1n) is 4.34. The van der Waals surface area contributed by atoms with Crippen LogP contribution in [-0.4, -0.2) is 30.5 Å². The molecular weight excluding hydrogens is 194 g/mol. The van der Waals surface area contributed by atoms with E-state index in [0.717, 1.165) is 10.9 Å². The topological polar surface area (TPSA) is 27.6 Å². The molecule has 1 aromatic rings. The minimum absolute atomic E-state index is 0.890. The number of hydrazone groups is 1. The number of benzene rings is 1. The highest BCUT2D eigenvalue weighted by Gasteiger charge is 1.97. The van der Waals surface area contributed by atoms with Crippen molar-refractivity contribution in [2.45, 2.75) is 0 Å². The molecule has 0 atom stereocenters. The van der Waals surface area contributed by atoms with Crippen molar-refractivity contribution in [3.05, 3.63) is 30.3 Å². The Kier molecular flexibility index (Phi) is 4.32. The van der Waals surface area contributed by atoms with Crippen molar-refractivity contribution in [3.63, 3.8) is 0 Å². The van der Waals surface area contributed by atoms with Crippen LogP contribution in [-0.2, 0) is 0 Å². The molecule has 3 nitrogen and oxygen atoms in total. The summed E-state index contributed by atoms with van der Waals surface area (Å²) >= 11 is 1.59. The molecular formula is C10H15N3S. The van der Waals surface area contributed by atoms with Gasteiger partial charge in [-0.05, 0) is 18.4 Å². The van der Waals surface area contributed by atoms with Crippen LogP contribution in [0.15, 0.2) is 35.4 Å². The molecule has 1 N–H and O–H groups in total. The second-order valence-corrected chi connectivity index (χ2v) is 3.74. The normalized spacial score (nSPS) is 11.2. The third-order valence-electron chi connectivity index (χ3n) is 1.51. The van der Waals surface area contributed by atoms with E-state index in [1.807, 2.05) is 50.7 Å². The van der Waals surface area contributed by atoms with Crippen LogP contribution in [0.4, 0.5) is 5.69 Å². The molecule has 0 unspecified atom stereocenters. The quantitative estimate of drug-likeness (QED) is 0.460. The summed E-state index contributed by atoms with van der Waals surface area (Å²) in [5, 5.41) is 10.2. The lowest BCUT2D eigenvalue weighted by Crippen LogP contribution is -2.13. The summed E-state index contributed by atoms with van der Waals surface area (Å²) < 4.78 is 0. The van der Waals surface area contributed by atoms with Gasteiger partial charge in [-0.3, -0.25) is 0 Å². The monoisotopic (exact) mass is 209 g/mol. The number of anilines is 1. The van der Waals surface area contributed by atoms with E-state index in [2.05, 4.69) is 10.4 Å². The molecule has 0 fully saturated rings. The minimum atomic E-state index is 0.890. The maximum absolute atomic E-state index is 4.29. The summed E-state index contributed by atoms with van der Waals surface area (Å²) in [6.07, 6.45) is 2.00. The zero-order chi connectivity index (χ0) is 10.4. The fraction of sp³-hybridized carbons (Fsp3) is 0.300. The number of amidine groups is 1. The standard InChI is InChI=1S/C10H15N3S/c1-13(2)12-10(14-3)11-9-7-5-4-6-8-9/h4-8H,1-3H3,(H,11,12). The van der Waals surface area contributed by atoms with Crippen molar-refractivity contribution in [1.82, 2.24) is 5.01 Å². The van der Waals surface area contributed by atoms with Gasteiger partial charge >= 0.3 is 0 Å². The lowest BCUT2D eigenvalue weighted by molar-refractivity contribution is 0.439. The van der Waals surface area contributed by atoms with E-state index in [-0.39, 0.29) is 0 Å². The molecule has 76 valence electrons. The van der Waals surface area contributed by atoms with Crippen molar-refractivity contribution in [1.29, 1.82) is 0 Å². The van der Waals surface area contributed by atoms with Gasteiger partial charge in [0.25, 0.3) is 0 Å². The van der Waals surface area contributed by atoms with E-state index in [0.29, 0.717) is 0 Å². The summed E-state index contributed by atoms with van der Waals surface area (Å²) in [5.41, 5.74) is 1.06. The number of nitrogens with one attached hydrogen (secondary N) is 1. The molecule has 0 amide bonds. The Morgan fingerprint density at radius 2 is 1.93 bits per heavy atom. The Labute approximate surface area is 89.2 Å². The van der Waals surface area contributed by atoms with Gasteiger partial charge in [0.15, 0.2) is 5.17 Å². The van der Waals surface area contributed by atoms with Gasteiger partial charge in [-0.25, -0.2) is 0 Å². The largest absolute Gasteiger partial charge is 0.333 e. The van der Waals surface area contributed by atoms with Gasteiger partial charge in [0.1, 0.15) is 0 Å². The number of rotatable bonds is 2. The van der Waals surface area contributed by atoms with Crippen LogP contribution >= 0.6 is 11.8 Å². The summed E-state index contributed by atoms with van der Waals surface area (Å²) in [5.74, 6) is 0. The summed E-state index contributed by atoms with van der Waals surface area (Å²) in [4.78, 5) is 0. The molecule has 0 spiro atoms. The van der Waals surface area contributed by atoms with E-state index in [1.165, 1.54) is 0 Å². The van der Waals surface area contributed by atoms with Crippen LogP contribution in [0.3, 0.4) is 0 Å². The molecule has 1 aromatic carbocycles. The molecule has 14 heavy (non-hydrogen) atoms. The van der Waals surface area contributed by atoms with Crippen LogP contribution in [0, 0.1) is 0 Å². The van der Waals surface area contributed by atoms with Gasteiger partial charge in [-0.2, -0.15) is 5.10 Å². The lowest BCUT2D eigenvalue weighted by atomic mass is 10.3. The van der Waals surface area contributed by atoms with Crippen molar-refractivity contribution in [2.75, 3.05) is 25.7 Å². The van der Waals surface area contributed by atoms with Gasteiger partial charge in [-0.1, -0.05) is 30.0 Å².